The Morgan fingerprint density at radius 2 is 2.04 bits per heavy atom. The third-order valence-corrected chi connectivity index (χ3v) is 5.95. The first-order valence-electron chi connectivity index (χ1n) is 9.42. The van der Waals surface area contributed by atoms with E-state index in [4.69, 9.17) is 9.47 Å². The molecule has 140 valence electrons. The van der Waals surface area contributed by atoms with Gasteiger partial charge in [-0.1, -0.05) is 24.3 Å². The molecule has 2 saturated heterocycles. The lowest BCUT2D eigenvalue weighted by molar-refractivity contribution is -0.0112. The maximum atomic E-state index is 12.1. The molecule has 2 aromatic carbocycles. The van der Waals surface area contributed by atoms with Crippen LogP contribution in [0.4, 0.5) is 4.79 Å². The second-order valence-electron chi connectivity index (χ2n) is 7.91. The lowest BCUT2D eigenvalue weighted by Crippen LogP contribution is -2.50. The number of ether oxygens (including phenoxy) is 2. The molecular formula is C21H22N2O4. The molecule has 0 bridgehead atoms. The summed E-state index contributed by atoms with van der Waals surface area (Å²) in [5, 5.41) is 2.13. The Morgan fingerprint density at radius 1 is 1.15 bits per heavy atom. The van der Waals surface area contributed by atoms with Gasteiger partial charge in [0.2, 0.25) is 0 Å². The van der Waals surface area contributed by atoms with Gasteiger partial charge in [-0.2, -0.15) is 0 Å². The summed E-state index contributed by atoms with van der Waals surface area (Å²) in [5.41, 5.74) is 2.52. The smallest absolute Gasteiger partial charge is 0.410 e. The van der Waals surface area contributed by atoms with E-state index in [1.54, 1.807) is 11.9 Å². The van der Waals surface area contributed by atoms with E-state index in [0.717, 1.165) is 48.8 Å². The summed E-state index contributed by atoms with van der Waals surface area (Å²) >= 11 is 0. The highest BCUT2D eigenvalue weighted by molar-refractivity contribution is 6.08. The highest BCUT2D eigenvalue weighted by atomic mass is 16.6. The zero-order valence-corrected chi connectivity index (χ0v) is 15.4. The van der Waals surface area contributed by atoms with Crippen molar-refractivity contribution < 1.29 is 19.1 Å². The zero-order chi connectivity index (χ0) is 18.6. The van der Waals surface area contributed by atoms with Crippen LogP contribution in [-0.2, 0) is 22.6 Å². The Labute approximate surface area is 157 Å². The maximum absolute atomic E-state index is 12.1. The number of nitrogens with zero attached hydrogens (tertiary/aromatic N) is 2. The number of amides is 1. The van der Waals surface area contributed by atoms with Crippen LogP contribution in [0.1, 0.15) is 34.3 Å². The fourth-order valence-electron chi connectivity index (χ4n) is 4.76. The van der Waals surface area contributed by atoms with Crippen LogP contribution < -0.4 is 0 Å². The molecule has 27 heavy (non-hydrogen) atoms. The molecule has 3 aliphatic rings. The topological polar surface area (TPSA) is 59.1 Å². The third-order valence-electron chi connectivity index (χ3n) is 5.95. The van der Waals surface area contributed by atoms with Crippen molar-refractivity contribution in [2.24, 2.45) is 0 Å². The lowest BCUT2D eigenvalue weighted by Gasteiger charge is -2.38. The van der Waals surface area contributed by atoms with Gasteiger partial charge in [0.1, 0.15) is 12.2 Å². The standard InChI is InChI=1S/C21H22N2O4/c1-22-12-21(27-20(22)25)8-3-9-23(13-21)10-14-6-7-15-11-26-19(24)17-5-2-4-16(14)18(15)17/h2,4-7H,3,8-13H2,1H3/t21-/m0/s1. The molecule has 3 aliphatic heterocycles. The normalized spacial score (nSPS) is 25.1. The Balaban J connectivity index is 1.46. The van der Waals surface area contributed by atoms with Crippen LogP contribution in [0.25, 0.3) is 10.8 Å². The van der Waals surface area contributed by atoms with Gasteiger partial charge in [-0.15, -0.1) is 0 Å². The highest BCUT2D eigenvalue weighted by Crippen LogP contribution is 2.34. The molecule has 0 unspecified atom stereocenters. The number of esters is 1. The summed E-state index contributed by atoms with van der Waals surface area (Å²) < 4.78 is 11.0. The minimum Gasteiger partial charge on any atom is -0.457 e. The lowest BCUT2D eigenvalue weighted by atomic mass is 9.91. The van der Waals surface area contributed by atoms with Crippen LogP contribution in [0.3, 0.4) is 0 Å². The molecule has 2 aromatic rings. The van der Waals surface area contributed by atoms with E-state index >= 15 is 0 Å². The van der Waals surface area contributed by atoms with Crippen molar-refractivity contribution in [2.45, 2.75) is 31.6 Å². The summed E-state index contributed by atoms with van der Waals surface area (Å²) in [7, 11) is 1.79. The molecule has 5 rings (SSSR count). The van der Waals surface area contributed by atoms with Gasteiger partial charge in [0.25, 0.3) is 0 Å². The minimum atomic E-state index is -0.389. The molecule has 0 aromatic heterocycles. The number of likely N-dealkylation sites (N-methyl/N-ethyl adjacent to an activating group) is 1. The van der Waals surface area contributed by atoms with Crippen molar-refractivity contribution in [3.05, 3.63) is 47.0 Å². The SMILES string of the molecule is CN1C[C@]2(CCCN(Cc3ccc4c5c(cccc35)C(=O)OC4)C2)OC1=O. The number of carbonyl (C=O) groups is 2. The fraction of sp³-hybridized carbons (Fsp3) is 0.429. The van der Waals surface area contributed by atoms with Gasteiger partial charge < -0.3 is 14.4 Å². The van der Waals surface area contributed by atoms with Gasteiger partial charge in [-0.25, -0.2) is 9.59 Å². The van der Waals surface area contributed by atoms with Crippen LogP contribution in [0, 0.1) is 0 Å². The van der Waals surface area contributed by atoms with Crippen LogP contribution in [-0.4, -0.2) is 54.1 Å². The third kappa shape index (κ3) is 2.67. The van der Waals surface area contributed by atoms with Crippen molar-refractivity contribution in [1.82, 2.24) is 9.80 Å². The van der Waals surface area contributed by atoms with Crippen LogP contribution in [0.5, 0.6) is 0 Å². The summed E-state index contributed by atoms with van der Waals surface area (Å²) in [4.78, 5) is 28.0. The first-order chi connectivity index (χ1) is 13.0. The van der Waals surface area contributed by atoms with Crippen molar-refractivity contribution in [2.75, 3.05) is 26.7 Å². The van der Waals surface area contributed by atoms with Gasteiger partial charge in [0.05, 0.1) is 12.1 Å². The zero-order valence-electron chi connectivity index (χ0n) is 15.4. The number of hydrogen-bond donors (Lipinski definition) is 0. The van der Waals surface area contributed by atoms with E-state index in [0.29, 0.717) is 18.7 Å². The summed E-state index contributed by atoms with van der Waals surface area (Å²) in [6.45, 7) is 3.49. The molecule has 1 atom stereocenters. The minimum absolute atomic E-state index is 0.225. The number of hydrogen-bond acceptors (Lipinski definition) is 5. The Morgan fingerprint density at radius 3 is 2.85 bits per heavy atom. The Bertz CT molecular complexity index is 957. The first-order valence-corrected chi connectivity index (χ1v) is 9.42. The summed E-state index contributed by atoms with van der Waals surface area (Å²) in [6.07, 6.45) is 1.70. The molecule has 1 spiro atoms. The molecule has 1 amide bonds. The number of carbonyl (C=O) groups excluding carboxylic acids is 2. The van der Waals surface area contributed by atoms with Gasteiger partial charge in [0, 0.05) is 25.5 Å². The molecular weight excluding hydrogens is 344 g/mol. The number of cyclic esters (lactones) is 1. The second kappa shape index (κ2) is 5.96. The number of benzene rings is 2. The molecule has 2 fully saturated rings. The molecule has 0 N–H and O–H groups in total. The average Bonchev–Trinajstić information content (AvgIpc) is 2.92. The molecule has 0 radical (unpaired) electrons. The average molecular weight is 366 g/mol. The summed E-state index contributed by atoms with van der Waals surface area (Å²) in [6, 6.07) is 10.0. The van der Waals surface area contributed by atoms with Crippen LogP contribution >= 0.6 is 0 Å². The van der Waals surface area contributed by atoms with Crippen LogP contribution in [0.15, 0.2) is 30.3 Å². The first kappa shape index (κ1) is 16.6. The van der Waals surface area contributed by atoms with Gasteiger partial charge in [-0.05, 0) is 42.0 Å². The van der Waals surface area contributed by atoms with Gasteiger partial charge in [0.15, 0.2) is 0 Å². The predicted molar refractivity (Wildman–Crippen MR) is 99.4 cm³/mol. The predicted octanol–water partition coefficient (Wildman–Crippen LogP) is 2.93. The molecule has 0 saturated carbocycles. The highest BCUT2D eigenvalue weighted by Gasteiger charge is 2.46. The number of piperidine rings is 1. The number of likely N-dealkylation sites (tertiary alicyclic amines) is 1. The van der Waals surface area contributed by atoms with Crippen molar-refractivity contribution in [3.63, 3.8) is 0 Å². The van der Waals surface area contributed by atoms with Crippen LogP contribution in [0.2, 0.25) is 0 Å². The van der Waals surface area contributed by atoms with E-state index < -0.39 is 0 Å². The fourth-order valence-corrected chi connectivity index (χ4v) is 4.76. The van der Waals surface area contributed by atoms with Crippen molar-refractivity contribution in [1.29, 1.82) is 0 Å². The van der Waals surface area contributed by atoms with Gasteiger partial charge >= 0.3 is 12.1 Å². The van der Waals surface area contributed by atoms with E-state index in [1.165, 1.54) is 5.56 Å². The quantitative estimate of drug-likeness (QED) is 0.765. The molecule has 6 heteroatoms. The van der Waals surface area contributed by atoms with Gasteiger partial charge in [-0.3, -0.25) is 4.90 Å². The Kier molecular flexibility index (Phi) is 3.65. The van der Waals surface area contributed by atoms with Crippen molar-refractivity contribution in [3.8, 4) is 0 Å². The number of rotatable bonds is 2. The molecule has 3 heterocycles. The second-order valence-corrected chi connectivity index (χ2v) is 7.91. The summed E-state index contributed by atoms with van der Waals surface area (Å²) in [5.74, 6) is -0.247. The molecule has 6 nitrogen and oxygen atoms in total. The largest absolute Gasteiger partial charge is 0.457 e. The molecule has 0 aliphatic carbocycles. The van der Waals surface area contributed by atoms with Crippen molar-refractivity contribution >= 4 is 22.8 Å². The monoisotopic (exact) mass is 366 g/mol. The van der Waals surface area contributed by atoms with E-state index in [2.05, 4.69) is 23.1 Å². The van der Waals surface area contributed by atoms with E-state index in [9.17, 15) is 9.59 Å². The maximum Gasteiger partial charge on any atom is 0.410 e. The Hall–Kier alpha value is -2.60. The van der Waals surface area contributed by atoms with E-state index in [1.807, 2.05) is 12.1 Å². The van der Waals surface area contributed by atoms with E-state index in [-0.39, 0.29) is 17.7 Å².